The monoisotopic (exact) mass is 282 g/mol. The van der Waals surface area contributed by atoms with Gasteiger partial charge in [-0.15, -0.1) is 5.10 Å². The number of fused-ring (bicyclic) bond motifs is 1. The minimum atomic E-state index is 0.0918. The highest BCUT2D eigenvalue weighted by Gasteiger charge is 2.10. The van der Waals surface area contributed by atoms with Crippen molar-refractivity contribution in [1.29, 1.82) is 0 Å². The number of nitrogen functional groups attached to an aromatic ring is 1. The second kappa shape index (κ2) is 5.09. The molecule has 108 valence electrons. The molecule has 0 fully saturated rings. The topological polar surface area (TPSA) is 65.4 Å². The van der Waals surface area contributed by atoms with Crippen LogP contribution in [0, 0.1) is 6.92 Å². The minimum Gasteiger partial charge on any atom is -0.489 e. The van der Waals surface area contributed by atoms with Gasteiger partial charge in [0.2, 0.25) is 0 Å². The second-order valence-electron chi connectivity index (χ2n) is 5.29. The van der Waals surface area contributed by atoms with Crippen molar-refractivity contribution in [3.05, 3.63) is 42.1 Å². The Morgan fingerprint density at radius 3 is 2.67 bits per heavy atom. The lowest BCUT2D eigenvalue weighted by atomic mass is 10.2. The van der Waals surface area contributed by atoms with Crippen LogP contribution in [-0.4, -0.2) is 20.7 Å². The molecule has 5 nitrogen and oxygen atoms in total. The number of anilines is 1. The molecule has 5 heteroatoms. The van der Waals surface area contributed by atoms with Gasteiger partial charge in [0.15, 0.2) is 11.5 Å². The Morgan fingerprint density at radius 1 is 1.19 bits per heavy atom. The predicted octanol–water partition coefficient (Wildman–Crippen LogP) is 3.07. The van der Waals surface area contributed by atoms with Gasteiger partial charge in [0.25, 0.3) is 0 Å². The molecule has 2 heterocycles. The average Bonchev–Trinajstić information content (AvgIpc) is 2.86. The standard InChI is InChI=1S/C16H18N4O/c1-10(2)21-14-8-7-12(9-13(14)17)16-18-15-6-4-5-11(3)20(15)19-16/h4-10H,17H2,1-3H3. The molecular formula is C16H18N4O. The maximum absolute atomic E-state index is 6.04. The zero-order valence-electron chi connectivity index (χ0n) is 12.4. The quantitative estimate of drug-likeness (QED) is 0.750. The van der Waals surface area contributed by atoms with Crippen LogP contribution >= 0.6 is 0 Å². The van der Waals surface area contributed by atoms with Crippen molar-refractivity contribution in [2.24, 2.45) is 0 Å². The number of aromatic nitrogens is 3. The summed E-state index contributed by atoms with van der Waals surface area (Å²) in [6.07, 6.45) is 0.0918. The van der Waals surface area contributed by atoms with E-state index in [0.717, 1.165) is 16.9 Å². The van der Waals surface area contributed by atoms with Crippen LogP contribution in [0.15, 0.2) is 36.4 Å². The normalized spacial score (nSPS) is 11.2. The number of hydrogen-bond donors (Lipinski definition) is 1. The van der Waals surface area contributed by atoms with E-state index < -0.39 is 0 Å². The van der Waals surface area contributed by atoms with Crippen molar-refractivity contribution in [1.82, 2.24) is 14.6 Å². The van der Waals surface area contributed by atoms with Crippen molar-refractivity contribution in [2.45, 2.75) is 26.9 Å². The molecule has 0 aliphatic heterocycles. The number of pyridine rings is 1. The maximum Gasteiger partial charge on any atom is 0.182 e. The van der Waals surface area contributed by atoms with Crippen molar-refractivity contribution < 1.29 is 4.74 Å². The number of nitrogens with two attached hydrogens (primary N) is 1. The fraction of sp³-hybridized carbons (Fsp3) is 0.250. The molecule has 3 rings (SSSR count). The van der Waals surface area contributed by atoms with E-state index in [2.05, 4.69) is 10.1 Å². The summed E-state index contributed by atoms with van der Waals surface area (Å²) in [7, 11) is 0. The Bertz CT molecular complexity index is 792. The fourth-order valence-electron chi connectivity index (χ4n) is 2.21. The van der Waals surface area contributed by atoms with Crippen molar-refractivity contribution >= 4 is 11.3 Å². The summed E-state index contributed by atoms with van der Waals surface area (Å²) < 4.78 is 7.47. The maximum atomic E-state index is 6.04. The Hall–Kier alpha value is -2.56. The molecule has 2 aromatic heterocycles. The molecule has 0 aliphatic rings. The molecule has 3 aromatic rings. The van der Waals surface area contributed by atoms with Crippen LogP contribution in [0.3, 0.4) is 0 Å². The predicted molar refractivity (Wildman–Crippen MR) is 83.3 cm³/mol. The lowest BCUT2D eigenvalue weighted by Crippen LogP contribution is -2.07. The summed E-state index contributed by atoms with van der Waals surface area (Å²) in [5.41, 5.74) is 9.39. The van der Waals surface area contributed by atoms with Gasteiger partial charge >= 0.3 is 0 Å². The molecule has 0 atom stereocenters. The van der Waals surface area contributed by atoms with Crippen LogP contribution in [0.25, 0.3) is 17.0 Å². The van der Waals surface area contributed by atoms with Crippen LogP contribution in [0.4, 0.5) is 5.69 Å². The van der Waals surface area contributed by atoms with Gasteiger partial charge in [-0.25, -0.2) is 9.50 Å². The molecule has 1 aromatic carbocycles. The van der Waals surface area contributed by atoms with E-state index in [-0.39, 0.29) is 6.10 Å². The molecule has 0 unspecified atom stereocenters. The first-order valence-corrected chi connectivity index (χ1v) is 6.93. The van der Waals surface area contributed by atoms with Gasteiger partial charge in [-0.1, -0.05) is 6.07 Å². The van der Waals surface area contributed by atoms with Crippen molar-refractivity contribution in [2.75, 3.05) is 5.73 Å². The summed E-state index contributed by atoms with van der Waals surface area (Å²) in [5.74, 6) is 1.35. The second-order valence-corrected chi connectivity index (χ2v) is 5.29. The molecule has 2 N–H and O–H groups in total. The van der Waals surface area contributed by atoms with Gasteiger partial charge in [-0.2, -0.15) is 0 Å². The van der Waals surface area contributed by atoms with Gasteiger partial charge in [-0.05, 0) is 51.1 Å². The minimum absolute atomic E-state index is 0.0918. The number of benzene rings is 1. The van der Waals surface area contributed by atoms with Crippen molar-refractivity contribution in [3.63, 3.8) is 0 Å². The zero-order chi connectivity index (χ0) is 15.0. The molecule has 21 heavy (non-hydrogen) atoms. The molecule has 0 spiro atoms. The Labute approximate surface area is 123 Å². The van der Waals surface area contributed by atoms with Gasteiger partial charge in [0, 0.05) is 11.3 Å². The van der Waals surface area contributed by atoms with E-state index in [4.69, 9.17) is 10.5 Å². The van der Waals surface area contributed by atoms with E-state index in [1.165, 1.54) is 0 Å². The van der Waals surface area contributed by atoms with Gasteiger partial charge < -0.3 is 10.5 Å². The number of hydrogen-bond acceptors (Lipinski definition) is 4. The van der Waals surface area contributed by atoms with E-state index in [1.807, 2.05) is 61.7 Å². The van der Waals surface area contributed by atoms with E-state index in [0.29, 0.717) is 17.3 Å². The molecule has 0 aliphatic carbocycles. The molecule has 0 saturated carbocycles. The lowest BCUT2D eigenvalue weighted by molar-refractivity contribution is 0.244. The van der Waals surface area contributed by atoms with Crippen LogP contribution in [0.1, 0.15) is 19.5 Å². The smallest absolute Gasteiger partial charge is 0.182 e. The first-order chi connectivity index (χ1) is 10.0. The number of ether oxygens (including phenoxy) is 1. The van der Waals surface area contributed by atoms with Crippen LogP contribution in [-0.2, 0) is 0 Å². The van der Waals surface area contributed by atoms with Gasteiger partial charge in [0.05, 0.1) is 11.8 Å². The van der Waals surface area contributed by atoms with Crippen LogP contribution in [0.2, 0.25) is 0 Å². The van der Waals surface area contributed by atoms with Crippen LogP contribution < -0.4 is 10.5 Å². The highest BCUT2D eigenvalue weighted by Crippen LogP contribution is 2.28. The zero-order valence-corrected chi connectivity index (χ0v) is 12.4. The largest absolute Gasteiger partial charge is 0.489 e. The molecule has 0 amide bonds. The fourth-order valence-corrected chi connectivity index (χ4v) is 2.21. The van der Waals surface area contributed by atoms with Crippen molar-refractivity contribution in [3.8, 4) is 17.1 Å². The third-order valence-corrected chi connectivity index (χ3v) is 3.18. The average molecular weight is 282 g/mol. The van der Waals surface area contributed by atoms with E-state index in [9.17, 15) is 0 Å². The number of nitrogens with zero attached hydrogens (tertiary/aromatic N) is 3. The van der Waals surface area contributed by atoms with Gasteiger partial charge in [0.1, 0.15) is 5.75 Å². The summed E-state index contributed by atoms with van der Waals surface area (Å²) in [4.78, 5) is 4.53. The summed E-state index contributed by atoms with van der Waals surface area (Å²) in [6, 6.07) is 11.5. The third kappa shape index (κ3) is 2.54. The first-order valence-electron chi connectivity index (χ1n) is 6.93. The highest BCUT2D eigenvalue weighted by molar-refractivity contribution is 5.67. The van der Waals surface area contributed by atoms with E-state index in [1.54, 1.807) is 0 Å². The highest BCUT2D eigenvalue weighted by atomic mass is 16.5. The van der Waals surface area contributed by atoms with Crippen LogP contribution in [0.5, 0.6) is 5.75 Å². The third-order valence-electron chi connectivity index (χ3n) is 3.18. The first kappa shape index (κ1) is 13.4. The van der Waals surface area contributed by atoms with Gasteiger partial charge in [-0.3, -0.25) is 0 Å². The summed E-state index contributed by atoms with van der Waals surface area (Å²) in [6.45, 7) is 5.94. The summed E-state index contributed by atoms with van der Waals surface area (Å²) >= 11 is 0. The molecule has 0 bridgehead atoms. The summed E-state index contributed by atoms with van der Waals surface area (Å²) in [5, 5.41) is 4.52. The Balaban J connectivity index is 2.02. The molecule has 0 radical (unpaired) electrons. The SMILES string of the molecule is Cc1cccc2nc(-c3ccc(OC(C)C)c(N)c3)nn12. The Morgan fingerprint density at radius 2 is 2.00 bits per heavy atom. The number of aryl methyl sites for hydroxylation is 1. The molecular weight excluding hydrogens is 264 g/mol. The molecule has 0 saturated heterocycles. The van der Waals surface area contributed by atoms with E-state index >= 15 is 0 Å². The number of rotatable bonds is 3. The Kier molecular flexibility index (Phi) is 3.25. The lowest BCUT2D eigenvalue weighted by Gasteiger charge is -2.12.